The largest absolute Gasteiger partial charge is 0.292 e. The van der Waals surface area contributed by atoms with Crippen LogP contribution in [-0.2, 0) is 13.0 Å². The summed E-state index contributed by atoms with van der Waals surface area (Å²) in [6, 6.07) is 2.11. The standard InChI is InChI=1S/C14H15BrN2OS/c1-2-17-13(11(15)8-16-17)14(18)10-4-3-5-12-9(10)6-7-19-12/h6-8,10H,2-5H2,1H3. The number of Topliss-reactive ketones (excluding diaryl/α,β-unsaturated/α-hetero) is 1. The number of hydrogen-bond donors (Lipinski definition) is 0. The second kappa shape index (κ2) is 5.21. The first-order valence-corrected chi connectivity index (χ1v) is 8.21. The molecule has 0 fully saturated rings. The van der Waals surface area contributed by atoms with Gasteiger partial charge >= 0.3 is 0 Å². The highest BCUT2D eigenvalue weighted by molar-refractivity contribution is 9.10. The van der Waals surface area contributed by atoms with Crippen molar-refractivity contribution in [2.75, 3.05) is 0 Å². The van der Waals surface area contributed by atoms with Gasteiger partial charge in [0.15, 0.2) is 5.78 Å². The maximum Gasteiger partial charge on any atom is 0.189 e. The Balaban J connectivity index is 2.00. The fraction of sp³-hybridized carbons (Fsp3) is 0.429. The van der Waals surface area contributed by atoms with Gasteiger partial charge in [-0.2, -0.15) is 5.10 Å². The molecule has 0 aliphatic heterocycles. The fourth-order valence-corrected chi connectivity index (χ4v) is 4.25. The van der Waals surface area contributed by atoms with E-state index in [0.717, 1.165) is 30.3 Å². The smallest absolute Gasteiger partial charge is 0.189 e. The van der Waals surface area contributed by atoms with Crippen molar-refractivity contribution in [3.8, 4) is 0 Å². The topological polar surface area (TPSA) is 34.9 Å². The van der Waals surface area contributed by atoms with Crippen molar-refractivity contribution in [2.24, 2.45) is 0 Å². The van der Waals surface area contributed by atoms with Crippen molar-refractivity contribution >= 4 is 33.0 Å². The SMILES string of the molecule is CCn1ncc(Br)c1C(=O)C1CCCc2sccc21. The predicted octanol–water partition coefficient (Wildman–Crippen LogP) is 4.03. The first kappa shape index (κ1) is 13.1. The highest BCUT2D eigenvalue weighted by Crippen LogP contribution is 2.37. The molecule has 1 aliphatic rings. The molecule has 1 atom stereocenters. The summed E-state index contributed by atoms with van der Waals surface area (Å²) < 4.78 is 2.59. The average molecular weight is 339 g/mol. The molecule has 0 amide bonds. The molecule has 0 spiro atoms. The number of ketones is 1. The third-order valence-electron chi connectivity index (χ3n) is 3.70. The predicted molar refractivity (Wildman–Crippen MR) is 79.9 cm³/mol. The van der Waals surface area contributed by atoms with Crippen LogP contribution < -0.4 is 0 Å². The van der Waals surface area contributed by atoms with E-state index in [1.165, 1.54) is 10.4 Å². The van der Waals surface area contributed by atoms with Gasteiger partial charge in [-0.15, -0.1) is 11.3 Å². The molecule has 1 unspecified atom stereocenters. The molecule has 0 N–H and O–H groups in total. The number of rotatable bonds is 3. The Morgan fingerprint density at radius 2 is 2.47 bits per heavy atom. The third kappa shape index (κ3) is 2.19. The molecule has 2 aromatic heterocycles. The fourth-order valence-electron chi connectivity index (χ4n) is 2.77. The summed E-state index contributed by atoms with van der Waals surface area (Å²) in [7, 11) is 0. The second-order valence-corrected chi connectivity index (χ2v) is 6.62. The summed E-state index contributed by atoms with van der Waals surface area (Å²) in [4.78, 5) is 14.2. The lowest BCUT2D eigenvalue weighted by Gasteiger charge is -2.21. The van der Waals surface area contributed by atoms with Crippen LogP contribution in [-0.4, -0.2) is 15.6 Å². The molecule has 2 heterocycles. The Labute approximate surface area is 124 Å². The van der Waals surface area contributed by atoms with Crippen molar-refractivity contribution in [1.82, 2.24) is 9.78 Å². The van der Waals surface area contributed by atoms with E-state index in [0.29, 0.717) is 5.69 Å². The molecule has 2 aromatic rings. The van der Waals surface area contributed by atoms with Crippen molar-refractivity contribution < 1.29 is 4.79 Å². The van der Waals surface area contributed by atoms with E-state index >= 15 is 0 Å². The Morgan fingerprint density at radius 1 is 1.63 bits per heavy atom. The molecule has 0 bridgehead atoms. The monoisotopic (exact) mass is 338 g/mol. The minimum absolute atomic E-state index is 0.00769. The molecule has 5 heteroatoms. The second-order valence-electron chi connectivity index (χ2n) is 4.77. The van der Waals surface area contributed by atoms with Crippen molar-refractivity contribution in [2.45, 2.75) is 38.6 Å². The first-order chi connectivity index (χ1) is 9.22. The number of hydrogen-bond acceptors (Lipinski definition) is 3. The van der Waals surface area contributed by atoms with Crippen molar-refractivity contribution in [3.05, 3.63) is 38.3 Å². The van der Waals surface area contributed by atoms with Gasteiger partial charge in [-0.25, -0.2) is 0 Å². The summed E-state index contributed by atoms with van der Waals surface area (Å²) in [5.41, 5.74) is 1.95. The van der Waals surface area contributed by atoms with E-state index in [2.05, 4.69) is 32.5 Å². The minimum Gasteiger partial charge on any atom is -0.292 e. The average Bonchev–Trinajstić information content (AvgIpc) is 3.03. The van der Waals surface area contributed by atoms with Gasteiger partial charge in [0, 0.05) is 11.4 Å². The van der Waals surface area contributed by atoms with Gasteiger partial charge in [-0.05, 0) is 59.1 Å². The molecule has 0 aromatic carbocycles. The normalized spacial score (nSPS) is 18.3. The molecule has 19 heavy (non-hydrogen) atoms. The number of fused-ring (bicyclic) bond motifs is 1. The molecule has 1 aliphatic carbocycles. The summed E-state index contributed by atoms with van der Waals surface area (Å²) in [6.45, 7) is 2.73. The molecular formula is C14H15BrN2OS. The van der Waals surface area contributed by atoms with E-state index in [1.54, 1.807) is 22.2 Å². The summed E-state index contributed by atoms with van der Waals surface area (Å²) in [5, 5.41) is 6.34. The van der Waals surface area contributed by atoms with Crippen molar-refractivity contribution in [3.63, 3.8) is 0 Å². The van der Waals surface area contributed by atoms with Gasteiger partial charge in [0.05, 0.1) is 16.6 Å². The Bertz CT molecular complexity index is 617. The van der Waals surface area contributed by atoms with Crippen LogP contribution in [0.3, 0.4) is 0 Å². The molecule has 0 radical (unpaired) electrons. The lowest BCUT2D eigenvalue weighted by molar-refractivity contribution is 0.0940. The lowest BCUT2D eigenvalue weighted by Crippen LogP contribution is -2.21. The Morgan fingerprint density at radius 3 is 3.26 bits per heavy atom. The zero-order chi connectivity index (χ0) is 13.4. The Kier molecular flexibility index (Phi) is 3.58. The van der Waals surface area contributed by atoms with Gasteiger partial charge in [-0.1, -0.05) is 0 Å². The highest BCUT2D eigenvalue weighted by atomic mass is 79.9. The van der Waals surface area contributed by atoms with Crippen LogP contribution in [0.15, 0.2) is 22.1 Å². The zero-order valence-electron chi connectivity index (χ0n) is 10.7. The number of halogens is 1. The molecular weight excluding hydrogens is 324 g/mol. The quantitative estimate of drug-likeness (QED) is 0.792. The number of aryl methyl sites for hydroxylation is 2. The van der Waals surface area contributed by atoms with Crippen LogP contribution >= 0.6 is 27.3 Å². The van der Waals surface area contributed by atoms with Crippen LogP contribution in [0.1, 0.15) is 46.6 Å². The number of aromatic nitrogens is 2. The lowest BCUT2D eigenvalue weighted by atomic mass is 9.84. The van der Waals surface area contributed by atoms with Gasteiger partial charge in [0.2, 0.25) is 0 Å². The van der Waals surface area contributed by atoms with Crippen LogP contribution in [0.25, 0.3) is 0 Å². The minimum atomic E-state index is 0.00769. The Hall–Kier alpha value is -0.940. The zero-order valence-corrected chi connectivity index (χ0v) is 13.1. The third-order valence-corrected chi connectivity index (χ3v) is 5.27. The van der Waals surface area contributed by atoms with E-state index in [9.17, 15) is 4.79 Å². The maximum atomic E-state index is 12.8. The van der Waals surface area contributed by atoms with Crippen LogP contribution in [0.2, 0.25) is 0 Å². The summed E-state index contributed by atoms with van der Waals surface area (Å²) in [5.74, 6) is 0.207. The van der Waals surface area contributed by atoms with Crippen LogP contribution in [0, 0.1) is 0 Å². The number of carbonyl (C=O) groups is 1. The first-order valence-electron chi connectivity index (χ1n) is 6.54. The van der Waals surface area contributed by atoms with Crippen LogP contribution in [0.4, 0.5) is 0 Å². The number of thiophene rings is 1. The highest BCUT2D eigenvalue weighted by Gasteiger charge is 2.31. The number of carbonyl (C=O) groups excluding carboxylic acids is 1. The van der Waals surface area contributed by atoms with E-state index < -0.39 is 0 Å². The van der Waals surface area contributed by atoms with E-state index in [4.69, 9.17) is 0 Å². The van der Waals surface area contributed by atoms with Gasteiger partial charge in [0.25, 0.3) is 0 Å². The van der Waals surface area contributed by atoms with Crippen molar-refractivity contribution in [1.29, 1.82) is 0 Å². The molecule has 0 saturated carbocycles. The molecule has 100 valence electrons. The van der Waals surface area contributed by atoms with Gasteiger partial charge < -0.3 is 0 Å². The number of nitrogens with zero attached hydrogens (tertiary/aromatic N) is 2. The maximum absolute atomic E-state index is 12.8. The summed E-state index contributed by atoms with van der Waals surface area (Å²) in [6.07, 6.45) is 4.88. The molecule has 3 rings (SSSR count). The van der Waals surface area contributed by atoms with E-state index in [1.807, 2.05) is 6.92 Å². The van der Waals surface area contributed by atoms with Gasteiger partial charge in [0.1, 0.15) is 5.69 Å². The molecule has 0 saturated heterocycles. The van der Waals surface area contributed by atoms with Crippen LogP contribution in [0.5, 0.6) is 0 Å². The molecule has 3 nitrogen and oxygen atoms in total. The van der Waals surface area contributed by atoms with E-state index in [-0.39, 0.29) is 11.7 Å². The summed E-state index contributed by atoms with van der Waals surface area (Å²) >= 11 is 5.23. The van der Waals surface area contributed by atoms with Gasteiger partial charge in [-0.3, -0.25) is 9.48 Å².